The largest absolute Gasteiger partial charge is 0.378 e. The molecular formula is C22H21N2S+. The van der Waals surface area contributed by atoms with E-state index in [0.717, 1.165) is 0 Å². The van der Waals surface area contributed by atoms with E-state index in [1.165, 1.54) is 37.2 Å². The van der Waals surface area contributed by atoms with Gasteiger partial charge in [-0.05, 0) is 40.6 Å². The SMILES string of the molecule is CN(C)c1ccc(C=Cc2sc3cc4ccccc4cc3[n+]2C)cc1. The van der Waals surface area contributed by atoms with Crippen LogP contribution in [0.3, 0.4) is 0 Å². The van der Waals surface area contributed by atoms with Crippen LogP contribution in [-0.4, -0.2) is 14.1 Å². The van der Waals surface area contributed by atoms with Gasteiger partial charge in [0, 0.05) is 31.9 Å². The molecule has 0 atom stereocenters. The van der Waals surface area contributed by atoms with Crippen LogP contribution < -0.4 is 9.47 Å². The number of aryl methyl sites for hydroxylation is 1. The molecule has 0 fully saturated rings. The smallest absolute Gasteiger partial charge is 0.262 e. The summed E-state index contributed by atoms with van der Waals surface area (Å²) in [7, 11) is 6.26. The van der Waals surface area contributed by atoms with Gasteiger partial charge in [-0.25, -0.2) is 0 Å². The number of fused-ring (bicyclic) bond motifs is 2. The number of nitrogens with zero attached hydrogens (tertiary/aromatic N) is 2. The molecule has 0 radical (unpaired) electrons. The summed E-state index contributed by atoms with van der Waals surface area (Å²) in [5.41, 5.74) is 3.72. The molecule has 0 N–H and O–H groups in total. The fourth-order valence-electron chi connectivity index (χ4n) is 3.05. The minimum Gasteiger partial charge on any atom is -0.378 e. The van der Waals surface area contributed by atoms with Gasteiger partial charge in [0.05, 0.1) is 0 Å². The van der Waals surface area contributed by atoms with E-state index in [4.69, 9.17) is 0 Å². The summed E-state index contributed by atoms with van der Waals surface area (Å²) in [5, 5.41) is 3.84. The van der Waals surface area contributed by atoms with Gasteiger partial charge in [-0.1, -0.05) is 47.7 Å². The number of benzene rings is 3. The fraction of sp³-hybridized carbons (Fsp3) is 0.136. The average Bonchev–Trinajstić information content (AvgIpc) is 2.93. The average molecular weight is 345 g/mol. The Labute approximate surface area is 152 Å². The highest BCUT2D eigenvalue weighted by molar-refractivity contribution is 7.19. The first-order chi connectivity index (χ1) is 12.1. The highest BCUT2D eigenvalue weighted by Gasteiger charge is 2.15. The first kappa shape index (κ1) is 15.9. The van der Waals surface area contributed by atoms with Crippen LogP contribution in [0, 0.1) is 0 Å². The Bertz CT molecular complexity index is 1070. The maximum absolute atomic E-state index is 2.29. The van der Waals surface area contributed by atoms with E-state index < -0.39 is 0 Å². The molecule has 1 heterocycles. The van der Waals surface area contributed by atoms with E-state index in [1.54, 1.807) is 0 Å². The molecule has 2 nitrogen and oxygen atoms in total. The first-order valence-electron chi connectivity index (χ1n) is 8.38. The highest BCUT2D eigenvalue weighted by atomic mass is 32.1. The second-order valence-electron chi connectivity index (χ2n) is 6.49. The van der Waals surface area contributed by atoms with Crippen molar-refractivity contribution in [2.24, 2.45) is 7.05 Å². The predicted octanol–water partition coefficient (Wildman–Crippen LogP) is 5.12. The van der Waals surface area contributed by atoms with E-state index in [1.807, 2.05) is 11.3 Å². The molecule has 25 heavy (non-hydrogen) atoms. The number of hydrogen-bond acceptors (Lipinski definition) is 2. The molecule has 0 aliphatic heterocycles. The summed E-state index contributed by atoms with van der Waals surface area (Å²) >= 11 is 1.83. The van der Waals surface area contributed by atoms with Gasteiger partial charge in [0.15, 0.2) is 0 Å². The van der Waals surface area contributed by atoms with E-state index in [2.05, 4.69) is 103 Å². The van der Waals surface area contributed by atoms with Crippen molar-refractivity contribution in [3.8, 4) is 0 Å². The second-order valence-corrected chi connectivity index (χ2v) is 7.55. The van der Waals surface area contributed by atoms with Crippen LogP contribution in [0.2, 0.25) is 0 Å². The minimum atomic E-state index is 1.22. The molecule has 0 unspecified atom stereocenters. The normalized spacial score (nSPS) is 11.6. The van der Waals surface area contributed by atoms with E-state index >= 15 is 0 Å². The molecule has 0 saturated heterocycles. The second kappa shape index (κ2) is 6.34. The van der Waals surface area contributed by atoms with Crippen molar-refractivity contribution < 1.29 is 4.57 Å². The number of hydrogen-bond donors (Lipinski definition) is 0. The van der Waals surface area contributed by atoms with E-state index in [-0.39, 0.29) is 0 Å². The standard InChI is InChI=1S/C22H21N2S/c1-23(2)19-11-8-16(9-12-19)10-13-22-24(3)20-14-17-6-4-5-7-18(17)15-21(20)25-22/h4-15H,1-3H3/q+1. The molecule has 0 amide bonds. The summed E-state index contributed by atoms with van der Waals surface area (Å²) in [6.45, 7) is 0. The van der Waals surface area contributed by atoms with Crippen LogP contribution >= 0.6 is 11.3 Å². The van der Waals surface area contributed by atoms with Crippen molar-refractivity contribution in [3.05, 3.63) is 71.2 Å². The Morgan fingerprint density at radius 3 is 2.24 bits per heavy atom. The molecule has 0 saturated carbocycles. The Balaban J connectivity index is 1.71. The Morgan fingerprint density at radius 2 is 1.56 bits per heavy atom. The van der Waals surface area contributed by atoms with Crippen molar-refractivity contribution in [1.82, 2.24) is 0 Å². The fourth-order valence-corrected chi connectivity index (χ4v) is 4.13. The van der Waals surface area contributed by atoms with E-state index in [0.29, 0.717) is 0 Å². The summed E-state index contributed by atoms with van der Waals surface area (Å²) in [6.07, 6.45) is 4.39. The maximum Gasteiger partial charge on any atom is 0.262 e. The van der Waals surface area contributed by atoms with Crippen molar-refractivity contribution in [2.45, 2.75) is 0 Å². The van der Waals surface area contributed by atoms with Crippen LogP contribution in [0.15, 0.2) is 60.7 Å². The van der Waals surface area contributed by atoms with Crippen molar-refractivity contribution in [2.75, 3.05) is 19.0 Å². The van der Waals surface area contributed by atoms with Gasteiger partial charge in [0.25, 0.3) is 5.01 Å². The summed E-state index contributed by atoms with van der Waals surface area (Å²) in [4.78, 5) is 2.12. The molecule has 124 valence electrons. The minimum absolute atomic E-state index is 1.22. The Morgan fingerprint density at radius 1 is 0.880 bits per heavy atom. The van der Waals surface area contributed by atoms with Crippen molar-refractivity contribution in [3.63, 3.8) is 0 Å². The Kier molecular flexibility index (Phi) is 4.02. The summed E-state index contributed by atoms with van der Waals surface area (Å²) < 4.78 is 3.60. The van der Waals surface area contributed by atoms with Gasteiger partial charge in [-0.3, -0.25) is 0 Å². The van der Waals surface area contributed by atoms with Gasteiger partial charge in [-0.2, -0.15) is 4.57 Å². The van der Waals surface area contributed by atoms with Crippen molar-refractivity contribution in [1.29, 1.82) is 0 Å². The zero-order valence-electron chi connectivity index (χ0n) is 14.7. The molecule has 4 rings (SSSR count). The molecule has 3 heteroatoms. The lowest BCUT2D eigenvalue weighted by atomic mass is 10.1. The van der Waals surface area contributed by atoms with Crippen molar-refractivity contribution >= 4 is 50.2 Å². The van der Waals surface area contributed by atoms with Crippen LogP contribution in [0.4, 0.5) is 5.69 Å². The quantitative estimate of drug-likeness (QED) is 0.468. The third-order valence-corrected chi connectivity index (χ3v) is 5.73. The number of aromatic nitrogens is 1. The Hall–Kier alpha value is -2.65. The molecule has 0 spiro atoms. The molecular weight excluding hydrogens is 324 g/mol. The highest BCUT2D eigenvalue weighted by Crippen LogP contribution is 2.27. The van der Waals surface area contributed by atoms with Crippen LogP contribution in [0.5, 0.6) is 0 Å². The lowest BCUT2D eigenvalue weighted by molar-refractivity contribution is -0.642. The number of rotatable bonds is 3. The van der Waals surface area contributed by atoms with Gasteiger partial charge >= 0.3 is 0 Å². The van der Waals surface area contributed by atoms with Crippen LogP contribution in [-0.2, 0) is 7.05 Å². The lowest BCUT2D eigenvalue weighted by Crippen LogP contribution is -2.28. The van der Waals surface area contributed by atoms with Gasteiger partial charge < -0.3 is 4.90 Å². The summed E-state index contributed by atoms with van der Waals surface area (Å²) in [6, 6.07) is 21.7. The van der Waals surface area contributed by atoms with Gasteiger partial charge in [0.1, 0.15) is 11.7 Å². The monoisotopic (exact) mass is 345 g/mol. The number of thiazole rings is 1. The zero-order chi connectivity index (χ0) is 17.4. The zero-order valence-corrected chi connectivity index (χ0v) is 15.5. The summed E-state index contributed by atoms with van der Waals surface area (Å²) in [5.74, 6) is 0. The van der Waals surface area contributed by atoms with E-state index in [9.17, 15) is 0 Å². The molecule has 0 bridgehead atoms. The number of anilines is 1. The third-order valence-electron chi connectivity index (χ3n) is 4.56. The first-order valence-corrected chi connectivity index (χ1v) is 9.20. The van der Waals surface area contributed by atoms with Gasteiger partial charge in [0.2, 0.25) is 5.52 Å². The molecule has 4 aromatic rings. The molecule has 1 aromatic heterocycles. The molecule has 0 aliphatic carbocycles. The predicted molar refractivity (Wildman–Crippen MR) is 110 cm³/mol. The molecule has 3 aromatic carbocycles. The van der Waals surface area contributed by atoms with Crippen LogP contribution in [0.1, 0.15) is 10.6 Å². The lowest BCUT2D eigenvalue weighted by Gasteiger charge is -2.11. The van der Waals surface area contributed by atoms with Crippen LogP contribution in [0.25, 0.3) is 33.1 Å². The third kappa shape index (κ3) is 3.03. The topological polar surface area (TPSA) is 7.12 Å². The van der Waals surface area contributed by atoms with Gasteiger partial charge in [-0.15, -0.1) is 0 Å². The molecule has 0 aliphatic rings. The maximum atomic E-state index is 2.29.